The van der Waals surface area contributed by atoms with Crippen LogP contribution in [0.5, 0.6) is 0 Å². The van der Waals surface area contributed by atoms with Crippen molar-refractivity contribution in [2.75, 3.05) is 26.7 Å². The standard InChI is InChI=1S/C16H24N2O2/c1-13(19)7-9-17(2)12-16(20)18-10-8-14-5-3-4-6-15(14)11-18/h3-6,13,19H,7-12H2,1-2H3. The van der Waals surface area contributed by atoms with Gasteiger partial charge in [-0.2, -0.15) is 0 Å². The first-order chi connectivity index (χ1) is 9.56. The summed E-state index contributed by atoms with van der Waals surface area (Å²) in [5.74, 6) is 0.174. The van der Waals surface area contributed by atoms with Gasteiger partial charge in [0, 0.05) is 19.6 Å². The molecule has 1 aromatic rings. The molecule has 1 aliphatic heterocycles. The van der Waals surface area contributed by atoms with E-state index in [4.69, 9.17) is 0 Å². The fourth-order valence-electron chi connectivity index (χ4n) is 2.53. The van der Waals surface area contributed by atoms with Crippen LogP contribution in [0.2, 0.25) is 0 Å². The van der Waals surface area contributed by atoms with Gasteiger partial charge in [0.15, 0.2) is 0 Å². The van der Waals surface area contributed by atoms with Crippen molar-refractivity contribution >= 4 is 5.91 Å². The summed E-state index contributed by atoms with van der Waals surface area (Å²) in [6, 6.07) is 8.33. The normalized spacial score (nSPS) is 16.1. The Bertz CT molecular complexity index is 460. The molecule has 1 amide bonds. The fourth-order valence-corrected chi connectivity index (χ4v) is 2.53. The number of nitrogens with zero attached hydrogens (tertiary/aromatic N) is 2. The number of hydrogen-bond acceptors (Lipinski definition) is 3. The molecule has 1 aromatic carbocycles. The van der Waals surface area contributed by atoms with Crippen molar-refractivity contribution in [2.45, 2.75) is 32.4 Å². The van der Waals surface area contributed by atoms with Crippen LogP contribution in [0.4, 0.5) is 0 Å². The van der Waals surface area contributed by atoms with Crippen molar-refractivity contribution in [1.29, 1.82) is 0 Å². The molecule has 2 rings (SSSR count). The van der Waals surface area contributed by atoms with Gasteiger partial charge >= 0.3 is 0 Å². The van der Waals surface area contributed by atoms with Gasteiger partial charge in [-0.05, 0) is 37.9 Å². The fraction of sp³-hybridized carbons (Fsp3) is 0.562. The number of carbonyl (C=O) groups excluding carboxylic acids is 1. The van der Waals surface area contributed by atoms with Gasteiger partial charge in [0.05, 0.1) is 12.6 Å². The van der Waals surface area contributed by atoms with E-state index in [2.05, 4.69) is 18.2 Å². The summed E-state index contributed by atoms with van der Waals surface area (Å²) in [6.45, 7) is 4.47. The molecule has 0 aromatic heterocycles. The second-order valence-corrected chi connectivity index (χ2v) is 5.71. The Labute approximate surface area is 121 Å². The van der Waals surface area contributed by atoms with Crippen LogP contribution in [0.3, 0.4) is 0 Å². The molecule has 1 aliphatic rings. The number of benzene rings is 1. The average Bonchev–Trinajstić information content (AvgIpc) is 2.44. The van der Waals surface area contributed by atoms with Gasteiger partial charge < -0.3 is 10.0 Å². The lowest BCUT2D eigenvalue weighted by Crippen LogP contribution is -2.42. The molecule has 0 spiro atoms. The van der Waals surface area contributed by atoms with Crippen molar-refractivity contribution in [2.24, 2.45) is 0 Å². The number of aliphatic hydroxyl groups is 1. The minimum atomic E-state index is -0.311. The maximum Gasteiger partial charge on any atom is 0.237 e. The molecule has 0 aliphatic carbocycles. The largest absolute Gasteiger partial charge is 0.393 e. The van der Waals surface area contributed by atoms with Gasteiger partial charge in [0.25, 0.3) is 0 Å². The van der Waals surface area contributed by atoms with Gasteiger partial charge in [0.2, 0.25) is 5.91 Å². The lowest BCUT2D eigenvalue weighted by atomic mass is 10.00. The number of rotatable bonds is 5. The van der Waals surface area contributed by atoms with E-state index in [0.29, 0.717) is 13.0 Å². The molecule has 0 radical (unpaired) electrons. The molecule has 1 unspecified atom stereocenters. The highest BCUT2D eigenvalue weighted by atomic mass is 16.3. The van der Waals surface area contributed by atoms with Crippen LogP contribution >= 0.6 is 0 Å². The highest BCUT2D eigenvalue weighted by molar-refractivity contribution is 5.78. The highest BCUT2D eigenvalue weighted by Crippen LogP contribution is 2.18. The predicted molar refractivity (Wildman–Crippen MR) is 79.4 cm³/mol. The van der Waals surface area contributed by atoms with Crippen molar-refractivity contribution in [1.82, 2.24) is 9.80 Å². The molecule has 20 heavy (non-hydrogen) atoms. The summed E-state index contributed by atoms with van der Waals surface area (Å²) in [4.78, 5) is 16.2. The molecule has 1 atom stereocenters. The van der Waals surface area contributed by atoms with Crippen LogP contribution in [0, 0.1) is 0 Å². The van der Waals surface area contributed by atoms with Gasteiger partial charge in [-0.25, -0.2) is 0 Å². The summed E-state index contributed by atoms with van der Waals surface area (Å²) < 4.78 is 0. The van der Waals surface area contributed by atoms with Gasteiger partial charge in [-0.1, -0.05) is 24.3 Å². The zero-order valence-electron chi connectivity index (χ0n) is 12.4. The number of fused-ring (bicyclic) bond motifs is 1. The van der Waals surface area contributed by atoms with Crippen molar-refractivity contribution in [3.05, 3.63) is 35.4 Å². The monoisotopic (exact) mass is 276 g/mol. The molecule has 110 valence electrons. The minimum Gasteiger partial charge on any atom is -0.393 e. The van der Waals surface area contributed by atoms with Crippen LogP contribution in [-0.4, -0.2) is 53.6 Å². The van der Waals surface area contributed by atoms with Crippen LogP contribution < -0.4 is 0 Å². The Morgan fingerprint density at radius 1 is 1.40 bits per heavy atom. The average molecular weight is 276 g/mol. The zero-order chi connectivity index (χ0) is 14.5. The number of likely N-dealkylation sites (N-methyl/N-ethyl adjacent to an activating group) is 1. The zero-order valence-corrected chi connectivity index (χ0v) is 12.4. The van der Waals surface area contributed by atoms with E-state index in [0.717, 1.165) is 26.1 Å². The lowest BCUT2D eigenvalue weighted by Gasteiger charge is -2.30. The van der Waals surface area contributed by atoms with E-state index in [9.17, 15) is 9.90 Å². The van der Waals surface area contributed by atoms with Crippen molar-refractivity contribution < 1.29 is 9.90 Å². The topological polar surface area (TPSA) is 43.8 Å². The third kappa shape index (κ3) is 4.05. The molecular weight excluding hydrogens is 252 g/mol. The minimum absolute atomic E-state index is 0.174. The van der Waals surface area contributed by atoms with Crippen LogP contribution in [0.1, 0.15) is 24.5 Å². The molecular formula is C16H24N2O2. The molecule has 0 saturated carbocycles. The first kappa shape index (κ1) is 15.0. The third-order valence-corrected chi connectivity index (χ3v) is 3.82. The van der Waals surface area contributed by atoms with Gasteiger partial charge in [-0.3, -0.25) is 9.69 Å². The van der Waals surface area contributed by atoms with Crippen molar-refractivity contribution in [3.8, 4) is 0 Å². The molecule has 4 nitrogen and oxygen atoms in total. The second-order valence-electron chi connectivity index (χ2n) is 5.71. The van der Waals surface area contributed by atoms with Crippen LogP contribution in [0.25, 0.3) is 0 Å². The molecule has 0 bridgehead atoms. The maximum absolute atomic E-state index is 12.3. The Balaban J connectivity index is 1.85. The second kappa shape index (κ2) is 6.86. The Morgan fingerprint density at radius 2 is 2.10 bits per heavy atom. The molecule has 1 heterocycles. The number of aliphatic hydroxyl groups excluding tert-OH is 1. The van der Waals surface area contributed by atoms with Crippen molar-refractivity contribution in [3.63, 3.8) is 0 Å². The van der Waals surface area contributed by atoms with E-state index >= 15 is 0 Å². The third-order valence-electron chi connectivity index (χ3n) is 3.82. The number of amides is 1. The first-order valence-electron chi connectivity index (χ1n) is 7.27. The Hall–Kier alpha value is -1.39. The first-order valence-corrected chi connectivity index (χ1v) is 7.27. The van der Waals surface area contributed by atoms with Gasteiger partial charge in [-0.15, -0.1) is 0 Å². The summed E-state index contributed by atoms with van der Waals surface area (Å²) >= 11 is 0. The van der Waals surface area contributed by atoms with E-state index in [1.165, 1.54) is 11.1 Å². The molecule has 4 heteroatoms. The summed E-state index contributed by atoms with van der Waals surface area (Å²) in [5, 5.41) is 9.27. The smallest absolute Gasteiger partial charge is 0.237 e. The Kier molecular flexibility index (Phi) is 5.15. The van der Waals surface area contributed by atoms with E-state index < -0.39 is 0 Å². The summed E-state index contributed by atoms with van der Waals surface area (Å²) in [6.07, 6.45) is 1.33. The predicted octanol–water partition coefficient (Wildman–Crippen LogP) is 1.27. The van der Waals surface area contributed by atoms with E-state index in [1.807, 2.05) is 22.9 Å². The summed E-state index contributed by atoms with van der Waals surface area (Å²) in [5.41, 5.74) is 2.62. The van der Waals surface area contributed by atoms with Crippen LogP contribution in [0.15, 0.2) is 24.3 Å². The van der Waals surface area contributed by atoms with E-state index in [-0.39, 0.29) is 12.0 Å². The molecule has 0 saturated heterocycles. The number of carbonyl (C=O) groups is 1. The SMILES string of the molecule is CC(O)CCN(C)CC(=O)N1CCc2ccccc2C1. The molecule has 0 fully saturated rings. The quantitative estimate of drug-likeness (QED) is 0.881. The summed E-state index contributed by atoms with van der Waals surface area (Å²) in [7, 11) is 1.93. The van der Waals surface area contributed by atoms with Gasteiger partial charge in [0.1, 0.15) is 0 Å². The Morgan fingerprint density at radius 3 is 2.80 bits per heavy atom. The highest BCUT2D eigenvalue weighted by Gasteiger charge is 2.21. The number of hydrogen-bond donors (Lipinski definition) is 1. The maximum atomic E-state index is 12.3. The lowest BCUT2D eigenvalue weighted by molar-refractivity contribution is -0.133. The van der Waals surface area contributed by atoms with E-state index in [1.54, 1.807) is 6.92 Å². The van der Waals surface area contributed by atoms with Crippen LogP contribution in [-0.2, 0) is 17.8 Å². The molecule has 1 N–H and O–H groups in total.